The van der Waals surface area contributed by atoms with E-state index < -0.39 is 0 Å². The monoisotopic (exact) mass is 266 g/mol. The molecule has 3 nitrogen and oxygen atoms in total. The maximum Gasteiger partial charge on any atom is 0.197 e. The standard InChI is InChI=1S/C17H18N2O/c1-12-3-6-14(7-4-12)18-10-9-17-19-15-11-13(2)5-8-16(15)20-17/h3-8,11,18H,9-10H2,1-2H3. The summed E-state index contributed by atoms with van der Waals surface area (Å²) in [6, 6.07) is 14.5. The van der Waals surface area contributed by atoms with E-state index in [0.717, 1.165) is 35.6 Å². The Labute approximate surface area is 118 Å². The van der Waals surface area contributed by atoms with Gasteiger partial charge in [-0.15, -0.1) is 0 Å². The van der Waals surface area contributed by atoms with E-state index in [2.05, 4.69) is 54.5 Å². The summed E-state index contributed by atoms with van der Waals surface area (Å²) in [6.45, 7) is 4.96. The second kappa shape index (κ2) is 5.37. The lowest BCUT2D eigenvalue weighted by Crippen LogP contribution is -2.04. The van der Waals surface area contributed by atoms with Gasteiger partial charge in [0.1, 0.15) is 5.52 Å². The number of oxazole rings is 1. The molecule has 2 aromatic carbocycles. The molecular formula is C17H18N2O. The molecule has 0 fully saturated rings. The zero-order valence-electron chi connectivity index (χ0n) is 11.8. The van der Waals surface area contributed by atoms with Crippen molar-refractivity contribution in [3.8, 4) is 0 Å². The molecular weight excluding hydrogens is 248 g/mol. The number of fused-ring (bicyclic) bond motifs is 1. The molecule has 102 valence electrons. The molecule has 3 aromatic rings. The number of aromatic nitrogens is 1. The van der Waals surface area contributed by atoms with Crippen LogP contribution in [0.15, 0.2) is 46.9 Å². The van der Waals surface area contributed by atoms with Gasteiger partial charge in [0, 0.05) is 18.7 Å². The van der Waals surface area contributed by atoms with Gasteiger partial charge in [0.15, 0.2) is 11.5 Å². The summed E-state index contributed by atoms with van der Waals surface area (Å²) in [5.74, 6) is 0.783. The van der Waals surface area contributed by atoms with E-state index in [0.29, 0.717) is 0 Å². The summed E-state index contributed by atoms with van der Waals surface area (Å²) < 4.78 is 5.73. The second-order valence-corrected chi connectivity index (χ2v) is 5.12. The van der Waals surface area contributed by atoms with Crippen LogP contribution >= 0.6 is 0 Å². The maximum absolute atomic E-state index is 5.73. The van der Waals surface area contributed by atoms with Gasteiger partial charge in [-0.05, 0) is 43.7 Å². The highest BCUT2D eigenvalue weighted by Crippen LogP contribution is 2.17. The molecule has 1 heterocycles. The minimum absolute atomic E-state index is 0.779. The average Bonchev–Trinajstić information content (AvgIpc) is 2.83. The van der Waals surface area contributed by atoms with E-state index in [-0.39, 0.29) is 0 Å². The first-order chi connectivity index (χ1) is 9.70. The van der Waals surface area contributed by atoms with E-state index >= 15 is 0 Å². The topological polar surface area (TPSA) is 38.1 Å². The zero-order valence-corrected chi connectivity index (χ0v) is 11.8. The summed E-state index contributed by atoms with van der Waals surface area (Å²) in [4.78, 5) is 4.51. The van der Waals surface area contributed by atoms with Gasteiger partial charge in [-0.2, -0.15) is 0 Å². The van der Waals surface area contributed by atoms with Crippen molar-refractivity contribution in [2.45, 2.75) is 20.3 Å². The van der Waals surface area contributed by atoms with Gasteiger partial charge >= 0.3 is 0 Å². The van der Waals surface area contributed by atoms with Gasteiger partial charge in [0.2, 0.25) is 0 Å². The Morgan fingerprint density at radius 3 is 2.55 bits per heavy atom. The molecule has 0 amide bonds. The molecule has 0 unspecified atom stereocenters. The summed E-state index contributed by atoms with van der Waals surface area (Å²) in [7, 11) is 0. The normalized spacial score (nSPS) is 10.9. The number of hydrogen-bond donors (Lipinski definition) is 1. The Morgan fingerprint density at radius 2 is 1.75 bits per heavy atom. The van der Waals surface area contributed by atoms with E-state index in [9.17, 15) is 0 Å². The third-order valence-electron chi connectivity index (χ3n) is 3.31. The number of rotatable bonds is 4. The number of hydrogen-bond acceptors (Lipinski definition) is 3. The van der Waals surface area contributed by atoms with Crippen LogP contribution in [0.5, 0.6) is 0 Å². The largest absolute Gasteiger partial charge is 0.441 e. The molecule has 0 aliphatic heterocycles. The lowest BCUT2D eigenvalue weighted by atomic mass is 10.2. The molecule has 1 aromatic heterocycles. The first-order valence-corrected chi connectivity index (χ1v) is 6.87. The minimum Gasteiger partial charge on any atom is -0.441 e. The van der Waals surface area contributed by atoms with E-state index in [1.807, 2.05) is 12.1 Å². The average molecular weight is 266 g/mol. The molecule has 3 heteroatoms. The molecule has 0 radical (unpaired) electrons. The van der Waals surface area contributed by atoms with Crippen molar-refractivity contribution in [3.63, 3.8) is 0 Å². The van der Waals surface area contributed by atoms with Gasteiger partial charge in [0.25, 0.3) is 0 Å². The third-order valence-corrected chi connectivity index (χ3v) is 3.31. The van der Waals surface area contributed by atoms with E-state index in [1.165, 1.54) is 11.1 Å². The van der Waals surface area contributed by atoms with Gasteiger partial charge in [-0.3, -0.25) is 0 Å². The number of nitrogens with one attached hydrogen (secondary N) is 1. The van der Waals surface area contributed by atoms with Crippen LogP contribution < -0.4 is 5.32 Å². The first kappa shape index (κ1) is 12.7. The van der Waals surface area contributed by atoms with Crippen LogP contribution in [-0.4, -0.2) is 11.5 Å². The van der Waals surface area contributed by atoms with Crippen molar-refractivity contribution in [1.82, 2.24) is 4.98 Å². The number of anilines is 1. The molecule has 1 N–H and O–H groups in total. The van der Waals surface area contributed by atoms with Crippen LogP contribution in [0.25, 0.3) is 11.1 Å². The van der Waals surface area contributed by atoms with Crippen LogP contribution in [0.2, 0.25) is 0 Å². The molecule has 3 rings (SSSR count). The second-order valence-electron chi connectivity index (χ2n) is 5.12. The van der Waals surface area contributed by atoms with Gasteiger partial charge in [-0.25, -0.2) is 4.98 Å². The summed E-state index contributed by atoms with van der Waals surface area (Å²) in [5, 5.41) is 3.38. The molecule has 0 spiro atoms. The van der Waals surface area contributed by atoms with Crippen LogP contribution in [0.4, 0.5) is 5.69 Å². The van der Waals surface area contributed by atoms with Gasteiger partial charge < -0.3 is 9.73 Å². The fraction of sp³-hybridized carbons (Fsp3) is 0.235. The van der Waals surface area contributed by atoms with Crippen molar-refractivity contribution in [2.24, 2.45) is 0 Å². The Morgan fingerprint density at radius 1 is 1.00 bits per heavy atom. The molecule has 20 heavy (non-hydrogen) atoms. The SMILES string of the molecule is Cc1ccc(NCCc2nc3cc(C)ccc3o2)cc1. The van der Waals surface area contributed by atoms with Crippen molar-refractivity contribution >= 4 is 16.8 Å². The highest BCUT2D eigenvalue weighted by atomic mass is 16.3. The third kappa shape index (κ3) is 2.82. The predicted octanol–water partition coefficient (Wildman–Crippen LogP) is 4.10. The molecule has 0 saturated heterocycles. The molecule has 0 bridgehead atoms. The number of nitrogens with zero attached hydrogens (tertiary/aromatic N) is 1. The minimum atomic E-state index is 0.779. The van der Waals surface area contributed by atoms with Gasteiger partial charge in [-0.1, -0.05) is 23.8 Å². The Kier molecular flexibility index (Phi) is 3.42. The van der Waals surface area contributed by atoms with Crippen LogP contribution in [0.1, 0.15) is 17.0 Å². The smallest absolute Gasteiger partial charge is 0.197 e. The van der Waals surface area contributed by atoms with Crippen molar-refractivity contribution < 1.29 is 4.42 Å². The zero-order chi connectivity index (χ0) is 13.9. The lowest BCUT2D eigenvalue weighted by Gasteiger charge is -2.04. The van der Waals surface area contributed by atoms with Gasteiger partial charge in [0.05, 0.1) is 0 Å². The molecule has 0 atom stereocenters. The number of aryl methyl sites for hydroxylation is 2. The van der Waals surface area contributed by atoms with Crippen molar-refractivity contribution in [2.75, 3.05) is 11.9 Å². The summed E-state index contributed by atoms with van der Waals surface area (Å²) in [6.07, 6.45) is 0.779. The molecule has 0 aliphatic rings. The predicted molar refractivity (Wildman–Crippen MR) is 82.1 cm³/mol. The first-order valence-electron chi connectivity index (χ1n) is 6.87. The summed E-state index contributed by atoms with van der Waals surface area (Å²) >= 11 is 0. The quantitative estimate of drug-likeness (QED) is 0.772. The Balaban J connectivity index is 1.63. The fourth-order valence-electron chi connectivity index (χ4n) is 2.18. The maximum atomic E-state index is 5.73. The van der Waals surface area contributed by atoms with Crippen molar-refractivity contribution in [1.29, 1.82) is 0 Å². The Hall–Kier alpha value is -2.29. The van der Waals surface area contributed by atoms with E-state index in [1.54, 1.807) is 0 Å². The summed E-state index contributed by atoms with van der Waals surface area (Å²) in [5.41, 5.74) is 5.40. The Bertz CT molecular complexity index is 713. The van der Waals surface area contributed by atoms with Crippen molar-refractivity contribution in [3.05, 3.63) is 59.5 Å². The van der Waals surface area contributed by atoms with E-state index in [4.69, 9.17) is 4.42 Å². The molecule has 0 saturated carbocycles. The van der Waals surface area contributed by atoms with Crippen LogP contribution in [0.3, 0.4) is 0 Å². The fourth-order valence-corrected chi connectivity index (χ4v) is 2.18. The molecule has 0 aliphatic carbocycles. The highest BCUT2D eigenvalue weighted by molar-refractivity contribution is 5.73. The lowest BCUT2D eigenvalue weighted by molar-refractivity contribution is 0.534. The highest BCUT2D eigenvalue weighted by Gasteiger charge is 2.05. The van der Waals surface area contributed by atoms with Crippen LogP contribution in [0, 0.1) is 13.8 Å². The number of benzene rings is 2. The van der Waals surface area contributed by atoms with Crippen LogP contribution in [-0.2, 0) is 6.42 Å².